The normalized spacial score (nSPS) is 11.2. The van der Waals surface area contributed by atoms with Gasteiger partial charge in [-0.15, -0.1) is 0 Å². The molecule has 28 heavy (non-hydrogen) atoms. The molecule has 0 saturated heterocycles. The van der Waals surface area contributed by atoms with Gasteiger partial charge in [-0.1, -0.05) is 23.7 Å². The van der Waals surface area contributed by atoms with Gasteiger partial charge in [0.1, 0.15) is 5.76 Å². The van der Waals surface area contributed by atoms with Gasteiger partial charge in [0.2, 0.25) is 0 Å². The maximum Gasteiger partial charge on any atom is 0.274 e. The van der Waals surface area contributed by atoms with Crippen LogP contribution in [0.5, 0.6) is 0 Å². The molecule has 0 aliphatic rings. The van der Waals surface area contributed by atoms with Crippen LogP contribution in [0.2, 0.25) is 5.02 Å². The van der Waals surface area contributed by atoms with Gasteiger partial charge in [0.25, 0.3) is 11.8 Å². The van der Waals surface area contributed by atoms with Crippen molar-refractivity contribution in [3.8, 4) is 0 Å². The Hall–Kier alpha value is -3.38. The van der Waals surface area contributed by atoms with Crippen molar-refractivity contribution in [1.82, 2.24) is 5.43 Å². The minimum atomic E-state index is -0.349. The molecule has 6 nitrogen and oxygen atoms in total. The minimum Gasteiger partial charge on any atom is -0.469 e. The number of hydrazone groups is 1. The molecular weight excluding hydrogens is 378 g/mol. The third-order valence-corrected chi connectivity index (χ3v) is 4.33. The molecule has 3 rings (SSSR count). The van der Waals surface area contributed by atoms with Crippen LogP contribution in [0.4, 0.5) is 5.69 Å². The van der Waals surface area contributed by atoms with E-state index in [1.165, 1.54) is 6.26 Å². The standard InChI is InChI=1S/C21H18ClN3O3/c1-13(24-25-21(27)19-10-11-28-14(19)2)16-4-3-5-18(12-16)23-20(26)15-6-8-17(22)9-7-15/h3-12H,1-2H3,(H,23,26)(H,25,27). The Labute approximate surface area is 167 Å². The van der Waals surface area contributed by atoms with Crippen LogP contribution in [-0.2, 0) is 0 Å². The average Bonchev–Trinajstić information content (AvgIpc) is 3.12. The van der Waals surface area contributed by atoms with Gasteiger partial charge < -0.3 is 9.73 Å². The van der Waals surface area contributed by atoms with Crippen LogP contribution in [0.3, 0.4) is 0 Å². The van der Waals surface area contributed by atoms with Gasteiger partial charge in [0.15, 0.2) is 0 Å². The SMILES string of the molecule is CC(=NNC(=O)c1ccoc1C)c1cccc(NC(=O)c2ccc(Cl)cc2)c1. The number of furan rings is 1. The van der Waals surface area contributed by atoms with Crippen LogP contribution in [0.15, 0.2) is 70.4 Å². The Bertz CT molecular complexity index is 1040. The summed E-state index contributed by atoms with van der Waals surface area (Å²) in [6.45, 7) is 3.47. The molecule has 7 heteroatoms. The maximum atomic E-state index is 12.3. The van der Waals surface area contributed by atoms with E-state index >= 15 is 0 Å². The van der Waals surface area contributed by atoms with Gasteiger partial charge in [0, 0.05) is 16.3 Å². The van der Waals surface area contributed by atoms with Gasteiger partial charge >= 0.3 is 0 Å². The van der Waals surface area contributed by atoms with E-state index in [9.17, 15) is 9.59 Å². The maximum absolute atomic E-state index is 12.3. The van der Waals surface area contributed by atoms with Gasteiger partial charge in [0.05, 0.1) is 17.5 Å². The Morgan fingerprint density at radius 3 is 2.43 bits per heavy atom. The molecule has 0 unspecified atom stereocenters. The molecular formula is C21H18ClN3O3. The second-order valence-electron chi connectivity index (χ2n) is 6.07. The summed E-state index contributed by atoms with van der Waals surface area (Å²) in [7, 11) is 0. The first-order valence-electron chi connectivity index (χ1n) is 8.50. The molecule has 0 aliphatic carbocycles. The summed E-state index contributed by atoms with van der Waals surface area (Å²) in [5.41, 5.74) is 5.41. The number of anilines is 1. The minimum absolute atomic E-state index is 0.243. The van der Waals surface area contributed by atoms with E-state index in [-0.39, 0.29) is 11.8 Å². The number of carbonyl (C=O) groups is 2. The van der Waals surface area contributed by atoms with Crippen molar-refractivity contribution in [3.05, 3.63) is 88.3 Å². The predicted molar refractivity (Wildman–Crippen MR) is 109 cm³/mol. The van der Waals surface area contributed by atoms with Gasteiger partial charge in [-0.2, -0.15) is 5.10 Å². The molecule has 1 heterocycles. The molecule has 0 radical (unpaired) electrons. The molecule has 0 spiro atoms. The van der Waals surface area contributed by atoms with Crippen LogP contribution in [0.1, 0.15) is 39.0 Å². The van der Waals surface area contributed by atoms with E-state index in [1.54, 1.807) is 62.4 Å². The summed E-state index contributed by atoms with van der Waals surface area (Å²) >= 11 is 5.85. The topological polar surface area (TPSA) is 83.7 Å². The number of benzene rings is 2. The van der Waals surface area contributed by atoms with E-state index in [0.29, 0.717) is 33.3 Å². The number of amides is 2. The number of carbonyl (C=O) groups excluding carboxylic acids is 2. The second-order valence-corrected chi connectivity index (χ2v) is 6.51. The van der Waals surface area contributed by atoms with Crippen molar-refractivity contribution in [3.63, 3.8) is 0 Å². The summed E-state index contributed by atoms with van der Waals surface area (Å²) in [5.74, 6) is -0.0674. The van der Waals surface area contributed by atoms with Gasteiger partial charge in [-0.25, -0.2) is 5.43 Å². The van der Waals surface area contributed by atoms with Gasteiger partial charge in [-0.05, 0) is 61.9 Å². The molecule has 2 aromatic carbocycles. The Morgan fingerprint density at radius 2 is 1.75 bits per heavy atom. The van der Waals surface area contributed by atoms with Crippen molar-refractivity contribution in [2.45, 2.75) is 13.8 Å². The van der Waals surface area contributed by atoms with Crippen molar-refractivity contribution >= 4 is 34.8 Å². The predicted octanol–water partition coefficient (Wildman–Crippen LogP) is 4.65. The number of aryl methyl sites for hydroxylation is 1. The van der Waals surface area contributed by atoms with Crippen molar-refractivity contribution in [2.24, 2.45) is 5.10 Å². The first kappa shape index (κ1) is 19.4. The average molecular weight is 396 g/mol. The molecule has 0 aliphatic heterocycles. The number of halogens is 1. The van der Waals surface area contributed by atoms with Crippen LogP contribution < -0.4 is 10.7 Å². The van der Waals surface area contributed by atoms with Crippen molar-refractivity contribution in [1.29, 1.82) is 0 Å². The highest BCUT2D eigenvalue weighted by Gasteiger charge is 2.11. The number of nitrogens with one attached hydrogen (secondary N) is 2. The summed E-state index contributed by atoms with van der Waals surface area (Å²) in [5, 5.41) is 7.53. The molecule has 2 amide bonds. The fourth-order valence-electron chi connectivity index (χ4n) is 2.51. The summed E-state index contributed by atoms with van der Waals surface area (Å²) in [6.07, 6.45) is 1.45. The van der Waals surface area contributed by atoms with Gasteiger partial charge in [-0.3, -0.25) is 9.59 Å². The summed E-state index contributed by atoms with van der Waals surface area (Å²) in [6, 6.07) is 15.4. The van der Waals surface area contributed by atoms with E-state index in [0.717, 1.165) is 5.56 Å². The highest BCUT2D eigenvalue weighted by Crippen LogP contribution is 2.15. The van der Waals surface area contributed by atoms with Crippen molar-refractivity contribution < 1.29 is 14.0 Å². The third kappa shape index (κ3) is 4.66. The molecule has 0 bridgehead atoms. The highest BCUT2D eigenvalue weighted by molar-refractivity contribution is 6.30. The molecule has 0 fully saturated rings. The molecule has 0 atom stereocenters. The Morgan fingerprint density at radius 1 is 1.00 bits per heavy atom. The zero-order valence-corrected chi connectivity index (χ0v) is 16.1. The van der Waals surface area contributed by atoms with E-state index < -0.39 is 0 Å². The van der Waals surface area contributed by atoms with E-state index in [1.807, 2.05) is 6.07 Å². The molecule has 0 saturated carbocycles. The second kappa shape index (κ2) is 8.54. The smallest absolute Gasteiger partial charge is 0.274 e. The van der Waals surface area contributed by atoms with Crippen LogP contribution in [-0.4, -0.2) is 17.5 Å². The first-order valence-corrected chi connectivity index (χ1v) is 8.88. The number of rotatable bonds is 5. The third-order valence-electron chi connectivity index (χ3n) is 4.07. The lowest BCUT2D eigenvalue weighted by Crippen LogP contribution is -2.19. The van der Waals surface area contributed by atoms with Crippen LogP contribution in [0.25, 0.3) is 0 Å². The summed E-state index contributed by atoms with van der Waals surface area (Å²) < 4.78 is 5.12. The fraction of sp³-hybridized carbons (Fsp3) is 0.0952. The van der Waals surface area contributed by atoms with Crippen LogP contribution >= 0.6 is 11.6 Å². The molecule has 3 aromatic rings. The monoisotopic (exact) mass is 395 g/mol. The fourth-order valence-corrected chi connectivity index (χ4v) is 2.63. The Kier molecular flexibility index (Phi) is 5.91. The zero-order valence-electron chi connectivity index (χ0n) is 15.3. The summed E-state index contributed by atoms with van der Waals surface area (Å²) in [4.78, 5) is 24.4. The lowest BCUT2D eigenvalue weighted by atomic mass is 10.1. The molecule has 2 N–H and O–H groups in total. The van der Waals surface area contributed by atoms with Crippen molar-refractivity contribution in [2.75, 3.05) is 5.32 Å². The lowest BCUT2D eigenvalue weighted by molar-refractivity contribution is 0.0952. The first-order chi connectivity index (χ1) is 13.4. The van der Waals surface area contributed by atoms with E-state index in [2.05, 4.69) is 15.8 Å². The van der Waals surface area contributed by atoms with Crippen LogP contribution in [0, 0.1) is 6.92 Å². The number of hydrogen-bond acceptors (Lipinski definition) is 4. The zero-order chi connectivity index (χ0) is 20.1. The molecule has 142 valence electrons. The molecule has 1 aromatic heterocycles. The number of hydrogen-bond donors (Lipinski definition) is 2. The highest BCUT2D eigenvalue weighted by atomic mass is 35.5. The number of nitrogens with zero attached hydrogens (tertiary/aromatic N) is 1. The lowest BCUT2D eigenvalue weighted by Gasteiger charge is -2.08. The van der Waals surface area contributed by atoms with E-state index in [4.69, 9.17) is 16.0 Å². The Balaban J connectivity index is 1.69. The largest absolute Gasteiger partial charge is 0.469 e. The quantitative estimate of drug-likeness (QED) is 0.487.